The Morgan fingerprint density at radius 1 is 1.22 bits per heavy atom. The van der Waals surface area contributed by atoms with Gasteiger partial charge in [-0.1, -0.05) is 12.1 Å². The van der Waals surface area contributed by atoms with Gasteiger partial charge in [0, 0.05) is 55.6 Å². The molecule has 27 heavy (non-hydrogen) atoms. The Labute approximate surface area is 158 Å². The zero-order valence-electron chi connectivity index (χ0n) is 15.8. The lowest BCUT2D eigenvalue weighted by Gasteiger charge is -2.32. The van der Waals surface area contributed by atoms with Crippen LogP contribution in [0.4, 0.5) is 0 Å². The van der Waals surface area contributed by atoms with E-state index in [4.69, 9.17) is 0 Å². The van der Waals surface area contributed by atoms with Gasteiger partial charge in [-0.2, -0.15) is 0 Å². The van der Waals surface area contributed by atoms with Gasteiger partial charge in [-0.15, -0.1) is 0 Å². The maximum Gasteiger partial charge on any atom is 0.242 e. The number of rotatable bonds is 3. The number of piperidine rings is 1. The Kier molecular flexibility index (Phi) is 4.56. The molecule has 6 nitrogen and oxygen atoms in total. The first kappa shape index (κ1) is 17.5. The maximum atomic E-state index is 12.9. The minimum Gasteiger partial charge on any atom is -0.341 e. The third-order valence-electron chi connectivity index (χ3n) is 5.59. The highest BCUT2D eigenvalue weighted by Crippen LogP contribution is 2.26. The van der Waals surface area contributed by atoms with Gasteiger partial charge >= 0.3 is 0 Å². The van der Waals surface area contributed by atoms with Gasteiger partial charge < -0.3 is 14.0 Å². The molecule has 140 valence electrons. The number of aryl methyl sites for hydroxylation is 2. The van der Waals surface area contributed by atoms with Crippen molar-refractivity contribution < 1.29 is 4.79 Å². The molecule has 2 aromatic heterocycles. The number of hydrogen-bond donors (Lipinski definition) is 0. The Morgan fingerprint density at radius 3 is 2.67 bits per heavy atom. The number of amides is 1. The quantitative estimate of drug-likeness (QED) is 0.717. The lowest BCUT2D eigenvalue weighted by atomic mass is 9.96. The van der Waals surface area contributed by atoms with E-state index in [-0.39, 0.29) is 17.9 Å². The van der Waals surface area contributed by atoms with Gasteiger partial charge in [0.25, 0.3) is 0 Å². The first-order valence-electron chi connectivity index (χ1n) is 9.39. The van der Waals surface area contributed by atoms with Crippen molar-refractivity contribution in [3.05, 3.63) is 64.5 Å². The smallest absolute Gasteiger partial charge is 0.242 e. The number of pyridine rings is 1. The van der Waals surface area contributed by atoms with E-state index >= 15 is 0 Å². The standard InChI is InChI=1S/C21H24N4O2/c1-15-13-19(26)17-5-3-4-6-18(17)25(15)14-20(27)24-10-7-16(8-11-24)21-22-9-12-23(21)2/h3-6,9,12-13,16H,7-8,10-11,14H2,1-2H3. The molecule has 0 bridgehead atoms. The summed E-state index contributed by atoms with van der Waals surface area (Å²) in [6.07, 6.45) is 5.66. The molecular formula is C21H24N4O2. The van der Waals surface area contributed by atoms with E-state index < -0.39 is 0 Å². The molecule has 3 heterocycles. The Bertz CT molecular complexity index is 1040. The monoisotopic (exact) mass is 364 g/mol. The van der Waals surface area contributed by atoms with Crippen LogP contribution in [-0.2, 0) is 18.4 Å². The third kappa shape index (κ3) is 3.27. The number of likely N-dealkylation sites (tertiary alicyclic amines) is 1. The zero-order chi connectivity index (χ0) is 19.0. The van der Waals surface area contributed by atoms with Gasteiger partial charge in [-0.3, -0.25) is 9.59 Å². The van der Waals surface area contributed by atoms with Crippen LogP contribution in [-0.4, -0.2) is 38.0 Å². The summed E-state index contributed by atoms with van der Waals surface area (Å²) in [5.74, 6) is 1.61. The highest BCUT2D eigenvalue weighted by molar-refractivity contribution is 5.82. The average Bonchev–Trinajstić information content (AvgIpc) is 3.11. The number of imidazole rings is 1. The van der Waals surface area contributed by atoms with Crippen molar-refractivity contribution in [2.24, 2.45) is 7.05 Å². The molecule has 1 aromatic carbocycles. The second-order valence-corrected chi connectivity index (χ2v) is 7.30. The number of hydrogen-bond acceptors (Lipinski definition) is 3. The fraction of sp³-hybridized carbons (Fsp3) is 0.381. The van der Waals surface area contributed by atoms with E-state index in [1.807, 2.05) is 60.1 Å². The van der Waals surface area contributed by atoms with Crippen molar-refractivity contribution in [3.63, 3.8) is 0 Å². The van der Waals surface area contributed by atoms with E-state index in [2.05, 4.69) is 9.55 Å². The summed E-state index contributed by atoms with van der Waals surface area (Å²) in [5, 5.41) is 0.657. The number of carbonyl (C=O) groups excluding carboxylic acids is 1. The van der Waals surface area contributed by atoms with Crippen LogP contribution in [0.3, 0.4) is 0 Å². The predicted molar refractivity (Wildman–Crippen MR) is 105 cm³/mol. The van der Waals surface area contributed by atoms with Crippen LogP contribution in [0.1, 0.15) is 30.3 Å². The zero-order valence-corrected chi connectivity index (χ0v) is 15.8. The SMILES string of the molecule is Cc1cc(=O)c2ccccc2n1CC(=O)N1CCC(c2nccn2C)CC1. The summed E-state index contributed by atoms with van der Waals surface area (Å²) in [7, 11) is 2.02. The highest BCUT2D eigenvalue weighted by atomic mass is 16.2. The van der Waals surface area contributed by atoms with Gasteiger partial charge in [-0.05, 0) is 31.9 Å². The molecule has 1 aliphatic heterocycles. The molecule has 0 aliphatic carbocycles. The van der Waals surface area contributed by atoms with E-state index in [1.54, 1.807) is 6.07 Å². The molecule has 4 rings (SSSR count). The topological polar surface area (TPSA) is 60.1 Å². The first-order chi connectivity index (χ1) is 13.0. The molecule has 0 N–H and O–H groups in total. The third-order valence-corrected chi connectivity index (χ3v) is 5.59. The largest absolute Gasteiger partial charge is 0.341 e. The maximum absolute atomic E-state index is 12.9. The molecule has 0 radical (unpaired) electrons. The molecule has 1 saturated heterocycles. The number of nitrogens with zero attached hydrogens (tertiary/aromatic N) is 4. The van der Waals surface area contributed by atoms with E-state index in [1.165, 1.54) is 0 Å². The summed E-state index contributed by atoms with van der Waals surface area (Å²) < 4.78 is 4.02. The van der Waals surface area contributed by atoms with Crippen molar-refractivity contribution in [1.82, 2.24) is 19.0 Å². The number of benzene rings is 1. The molecule has 6 heteroatoms. The fourth-order valence-corrected chi connectivity index (χ4v) is 4.06. The normalized spacial score (nSPS) is 15.4. The molecule has 1 amide bonds. The van der Waals surface area contributed by atoms with Gasteiger partial charge in [0.2, 0.25) is 5.91 Å². The average molecular weight is 364 g/mol. The van der Waals surface area contributed by atoms with Crippen molar-refractivity contribution >= 4 is 16.8 Å². The van der Waals surface area contributed by atoms with Crippen LogP contribution in [0, 0.1) is 6.92 Å². The highest BCUT2D eigenvalue weighted by Gasteiger charge is 2.26. The van der Waals surface area contributed by atoms with E-state index in [9.17, 15) is 9.59 Å². The molecular weight excluding hydrogens is 340 g/mol. The van der Waals surface area contributed by atoms with Crippen LogP contribution >= 0.6 is 0 Å². The predicted octanol–water partition coefficient (Wildman–Crippen LogP) is 2.45. The van der Waals surface area contributed by atoms with Crippen LogP contribution in [0.25, 0.3) is 10.9 Å². The molecule has 1 fully saturated rings. The second-order valence-electron chi connectivity index (χ2n) is 7.30. The van der Waals surface area contributed by atoms with Crippen molar-refractivity contribution in [2.75, 3.05) is 13.1 Å². The summed E-state index contributed by atoms with van der Waals surface area (Å²) in [6.45, 7) is 3.63. The summed E-state index contributed by atoms with van der Waals surface area (Å²) in [4.78, 5) is 31.5. The van der Waals surface area contributed by atoms with Crippen LogP contribution in [0.15, 0.2) is 47.5 Å². The fourth-order valence-electron chi connectivity index (χ4n) is 4.06. The van der Waals surface area contributed by atoms with Gasteiger partial charge in [0.05, 0.1) is 5.52 Å². The minimum atomic E-state index is 0.00248. The number of para-hydroxylation sites is 1. The second kappa shape index (κ2) is 7.02. The molecule has 0 spiro atoms. The van der Waals surface area contributed by atoms with Crippen LogP contribution < -0.4 is 5.43 Å². The molecule has 0 saturated carbocycles. The van der Waals surface area contributed by atoms with Crippen molar-refractivity contribution in [2.45, 2.75) is 32.2 Å². The van der Waals surface area contributed by atoms with Crippen molar-refractivity contribution in [1.29, 1.82) is 0 Å². The lowest BCUT2D eigenvalue weighted by Crippen LogP contribution is -2.40. The molecule has 1 aliphatic rings. The summed E-state index contributed by atoms with van der Waals surface area (Å²) >= 11 is 0. The van der Waals surface area contributed by atoms with Crippen molar-refractivity contribution in [3.8, 4) is 0 Å². The number of aromatic nitrogens is 3. The van der Waals surface area contributed by atoms with Gasteiger partial charge in [-0.25, -0.2) is 4.98 Å². The van der Waals surface area contributed by atoms with Gasteiger partial charge in [0.15, 0.2) is 5.43 Å². The van der Waals surface area contributed by atoms with Crippen LogP contribution in [0.5, 0.6) is 0 Å². The molecule has 0 unspecified atom stereocenters. The number of fused-ring (bicyclic) bond motifs is 1. The Hall–Kier alpha value is -2.89. The van der Waals surface area contributed by atoms with Crippen LogP contribution in [0.2, 0.25) is 0 Å². The molecule has 3 aromatic rings. The first-order valence-corrected chi connectivity index (χ1v) is 9.39. The Balaban J connectivity index is 1.50. The minimum absolute atomic E-state index is 0.00248. The number of carbonyl (C=O) groups is 1. The van der Waals surface area contributed by atoms with Gasteiger partial charge in [0.1, 0.15) is 12.4 Å². The van der Waals surface area contributed by atoms with E-state index in [0.29, 0.717) is 11.3 Å². The lowest BCUT2D eigenvalue weighted by molar-refractivity contribution is -0.132. The Morgan fingerprint density at radius 2 is 1.96 bits per heavy atom. The summed E-state index contributed by atoms with van der Waals surface area (Å²) in [5.41, 5.74) is 1.64. The molecule has 0 atom stereocenters. The summed E-state index contributed by atoms with van der Waals surface area (Å²) in [6, 6.07) is 9.10. The van der Waals surface area contributed by atoms with E-state index in [0.717, 1.165) is 43.0 Å².